The fraction of sp³-hybridized carbons (Fsp3) is 0.611. The van der Waals surface area contributed by atoms with E-state index < -0.39 is 15.3 Å². The molecular weight excluding hydrogens is 711 g/mol. The molecule has 3 saturated heterocycles. The molecule has 6 aliphatic rings. The van der Waals surface area contributed by atoms with Gasteiger partial charge in [0.2, 0.25) is 0 Å². The van der Waals surface area contributed by atoms with Crippen LogP contribution in [-0.2, 0) is 52.6 Å². The van der Waals surface area contributed by atoms with Gasteiger partial charge in [-0.05, 0) is 68.2 Å². The molecule has 5 aliphatic heterocycles. The minimum Gasteiger partial charge on any atom is -0.461 e. The third kappa shape index (κ3) is 5.82. The number of anilines is 1. The first-order valence-electron chi connectivity index (χ1n) is 18.3. The van der Waals surface area contributed by atoms with Crippen LogP contribution in [0.1, 0.15) is 77.6 Å². The average molecular weight is 756 g/mol. The number of hydrogen-bond acceptors (Lipinski definition) is 10. The molecule has 0 radical (unpaired) electrons. The zero-order valence-corrected chi connectivity index (χ0v) is 31.3. The van der Waals surface area contributed by atoms with E-state index >= 15 is 0 Å². The Labute approximate surface area is 308 Å². The van der Waals surface area contributed by atoms with Gasteiger partial charge in [0.25, 0.3) is 5.91 Å². The molecule has 1 amide bonds. The number of benzene rings is 1. The van der Waals surface area contributed by atoms with Crippen molar-refractivity contribution in [3.63, 3.8) is 0 Å². The summed E-state index contributed by atoms with van der Waals surface area (Å²) in [5.41, 5.74) is 4.67. The van der Waals surface area contributed by atoms with Gasteiger partial charge in [-0.15, -0.1) is 0 Å². The maximum Gasteiger partial charge on any atom is 0.318 e. The molecule has 1 aromatic carbocycles. The molecule has 272 valence electrons. The third-order valence-corrected chi connectivity index (χ3v) is 14.6. The third-order valence-electron chi connectivity index (χ3n) is 12.2. The van der Waals surface area contributed by atoms with Gasteiger partial charge in [-0.25, -0.2) is 4.21 Å². The summed E-state index contributed by atoms with van der Waals surface area (Å²) in [6, 6.07) is 6.49. The highest BCUT2D eigenvalue weighted by Crippen LogP contribution is 2.49. The van der Waals surface area contributed by atoms with Crippen molar-refractivity contribution in [3.05, 3.63) is 62.0 Å². The van der Waals surface area contributed by atoms with Crippen LogP contribution in [0.4, 0.5) is 5.82 Å². The molecule has 1 spiro atoms. The molecular formula is C36H44Cl2N8O4S. The summed E-state index contributed by atoms with van der Waals surface area (Å²) in [6.45, 7) is 7.70. The Morgan fingerprint density at radius 2 is 1.94 bits per heavy atom. The first-order valence-corrected chi connectivity index (χ1v) is 20.9. The molecule has 0 saturated carbocycles. The van der Waals surface area contributed by atoms with Gasteiger partial charge in [0.15, 0.2) is 5.69 Å². The van der Waals surface area contributed by atoms with E-state index in [4.69, 9.17) is 52.5 Å². The lowest BCUT2D eigenvalue weighted by Gasteiger charge is -2.37. The molecule has 1 N–H and O–H groups in total. The molecule has 15 heteroatoms. The topological polar surface area (TPSA) is 130 Å². The van der Waals surface area contributed by atoms with Gasteiger partial charge < -0.3 is 19.3 Å². The normalized spacial score (nSPS) is 28.3. The highest BCUT2D eigenvalue weighted by atomic mass is 35.5. The predicted octanol–water partition coefficient (Wildman–Crippen LogP) is 5.06. The lowest BCUT2D eigenvalue weighted by atomic mass is 9.87. The van der Waals surface area contributed by atoms with Gasteiger partial charge in [-0.2, -0.15) is 15.1 Å². The molecule has 9 rings (SSSR count). The van der Waals surface area contributed by atoms with Crippen molar-refractivity contribution in [2.24, 2.45) is 5.92 Å². The second kappa shape index (κ2) is 12.6. The zero-order chi connectivity index (χ0) is 35.1. The molecule has 3 fully saturated rings. The number of nitrogens with one attached hydrogen (secondary N) is 1. The van der Waals surface area contributed by atoms with Gasteiger partial charge in [0.05, 0.1) is 40.7 Å². The van der Waals surface area contributed by atoms with Crippen molar-refractivity contribution < 1.29 is 18.5 Å². The number of nitrogens with zero attached hydrogens (tertiary/aromatic N) is 7. The number of fused-ring (bicyclic) bond motifs is 5. The SMILES string of the molecule is C[C@H]1CN2CCC[C@@]2(COc2nc3c(c(N4CCCn5nc(C(=O)N6CCS(=N)(=O)CC6)c(Cl)c5C4)n2)CO[C@@]2(CCc4c(Cl)cccc42)C3)C1. The van der Waals surface area contributed by atoms with E-state index in [0.29, 0.717) is 56.2 Å². The highest BCUT2D eigenvalue weighted by molar-refractivity contribution is 7.92. The Hall–Kier alpha value is -2.97. The molecule has 3 aromatic rings. The number of carbonyl (C=O) groups is 1. The number of carbonyl (C=O) groups excluding carboxylic acids is 1. The number of rotatable bonds is 5. The lowest BCUT2D eigenvalue weighted by Crippen LogP contribution is -2.43. The number of aryl methyl sites for hydroxylation is 1. The summed E-state index contributed by atoms with van der Waals surface area (Å²) in [4.78, 5) is 30.3. The highest BCUT2D eigenvalue weighted by Gasteiger charge is 2.49. The fourth-order valence-electron chi connectivity index (χ4n) is 9.58. The van der Waals surface area contributed by atoms with Gasteiger partial charge in [0, 0.05) is 71.0 Å². The van der Waals surface area contributed by atoms with Crippen molar-refractivity contribution in [1.29, 1.82) is 4.78 Å². The van der Waals surface area contributed by atoms with E-state index in [1.807, 2.05) is 16.8 Å². The predicted molar refractivity (Wildman–Crippen MR) is 194 cm³/mol. The van der Waals surface area contributed by atoms with E-state index in [9.17, 15) is 9.00 Å². The minimum absolute atomic E-state index is 0.0292. The Morgan fingerprint density at radius 3 is 2.78 bits per heavy atom. The van der Waals surface area contributed by atoms with Crippen LogP contribution >= 0.6 is 23.2 Å². The van der Waals surface area contributed by atoms with Gasteiger partial charge in [-0.3, -0.25) is 19.2 Å². The minimum atomic E-state index is -2.64. The Balaban J connectivity index is 1.05. The molecule has 7 heterocycles. The van der Waals surface area contributed by atoms with Crippen LogP contribution in [0.3, 0.4) is 0 Å². The molecule has 3 atom stereocenters. The van der Waals surface area contributed by atoms with Crippen LogP contribution in [0.5, 0.6) is 6.01 Å². The lowest BCUT2D eigenvalue weighted by molar-refractivity contribution is -0.0730. The maximum atomic E-state index is 13.6. The van der Waals surface area contributed by atoms with Crippen molar-refractivity contribution >= 4 is 44.7 Å². The van der Waals surface area contributed by atoms with Gasteiger partial charge >= 0.3 is 6.01 Å². The first kappa shape index (κ1) is 33.8. The molecule has 0 bridgehead atoms. The number of amides is 1. The summed E-state index contributed by atoms with van der Waals surface area (Å²) >= 11 is 13.6. The van der Waals surface area contributed by atoms with E-state index in [2.05, 4.69) is 22.8 Å². The monoisotopic (exact) mass is 754 g/mol. The average Bonchev–Trinajstić information content (AvgIpc) is 3.79. The van der Waals surface area contributed by atoms with Crippen LogP contribution < -0.4 is 9.64 Å². The number of aromatic nitrogens is 4. The Kier molecular flexibility index (Phi) is 8.34. The fourth-order valence-corrected chi connectivity index (χ4v) is 11.4. The summed E-state index contributed by atoms with van der Waals surface area (Å²) < 4.78 is 35.4. The maximum absolute atomic E-state index is 13.6. The first-order chi connectivity index (χ1) is 24.5. The van der Waals surface area contributed by atoms with Crippen LogP contribution in [0, 0.1) is 10.7 Å². The van der Waals surface area contributed by atoms with E-state index in [1.165, 1.54) is 6.42 Å². The molecule has 1 aliphatic carbocycles. The summed E-state index contributed by atoms with van der Waals surface area (Å²) in [7, 11) is -2.64. The molecule has 0 unspecified atom stereocenters. The van der Waals surface area contributed by atoms with Crippen LogP contribution in [0.25, 0.3) is 0 Å². The standard InChI is InChI=1S/C36H44Cl2N8O4S/c1-23-17-35(8-3-11-45(35)19-23)22-49-34-40-28-18-36(9-7-24-26(36)5-2-6-27(24)37)50-21-25(28)32(41-34)44-10-4-12-46-29(20-44)30(38)31(42-46)33(47)43-13-15-51(39,48)16-14-43/h2,5-6,23,39H,3-4,7-22H2,1H3/t23-,35+,36+/m1/s1. The van der Waals surface area contributed by atoms with Crippen molar-refractivity contribution in [2.45, 2.75) is 82.7 Å². The van der Waals surface area contributed by atoms with E-state index in [-0.39, 0.29) is 41.7 Å². The number of halogens is 2. The molecule has 51 heavy (non-hydrogen) atoms. The van der Waals surface area contributed by atoms with E-state index in [0.717, 1.165) is 84.1 Å². The second-order valence-corrected chi connectivity index (χ2v) is 18.7. The Bertz CT molecular complexity index is 2010. The zero-order valence-electron chi connectivity index (χ0n) is 29.0. The van der Waals surface area contributed by atoms with Crippen molar-refractivity contribution in [3.8, 4) is 6.01 Å². The second-order valence-electron chi connectivity index (χ2n) is 15.5. The van der Waals surface area contributed by atoms with Gasteiger partial charge in [0.1, 0.15) is 12.4 Å². The summed E-state index contributed by atoms with van der Waals surface area (Å²) in [5, 5.41) is 5.80. The summed E-state index contributed by atoms with van der Waals surface area (Å²) in [6.07, 6.45) is 6.49. The largest absolute Gasteiger partial charge is 0.461 e. The number of ether oxygens (including phenoxy) is 2. The van der Waals surface area contributed by atoms with Crippen molar-refractivity contribution in [1.82, 2.24) is 29.5 Å². The van der Waals surface area contributed by atoms with E-state index in [1.54, 1.807) is 4.90 Å². The molecule has 2 aromatic heterocycles. The smallest absolute Gasteiger partial charge is 0.318 e. The quantitative estimate of drug-likeness (QED) is 0.380. The number of hydrogen-bond donors (Lipinski definition) is 1. The van der Waals surface area contributed by atoms with Crippen LogP contribution in [0.15, 0.2) is 18.2 Å². The van der Waals surface area contributed by atoms with Gasteiger partial charge in [-0.1, -0.05) is 42.3 Å². The Morgan fingerprint density at radius 1 is 1.10 bits per heavy atom. The van der Waals surface area contributed by atoms with Crippen molar-refractivity contribution in [2.75, 3.05) is 55.7 Å². The summed E-state index contributed by atoms with van der Waals surface area (Å²) in [5.74, 6) is 1.46. The molecule has 12 nitrogen and oxygen atoms in total. The van der Waals surface area contributed by atoms with Crippen LogP contribution in [0.2, 0.25) is 10.0 Å². The van der Waals surface area contributed by atoms with Crippen LogP contribution in [-0.4, -0.2) is 96.0 Å².